The first-order chi connectivity index (χ1) is 10.1. The van der Waals surface area contributed by atoms with E-state index in [0.717, 1.165) is 0 Å². The first-order valence-corrected chi connectivity index (χ1v) is 8.60. The Kier molecular flexibility index (Phi) is 16.4. The molecule has 1 N–H and O–H groups in total. The number of hydrogen-bond donors (Lipinski definition) is 1. The zero-order chi connectivity index (χ0) is 16.6. The van der Waals surface area contributed by atoms with E-state index in [1.165, 1.54) is 21.6 Å². The first-order valence-electron chi connectivity index (χ1n) is 6.11. The van der Waals surface area contributed by atoms with Crippen molar-refractivity contribution in [2.24, 2.45) is 5.41 Å². The average Bonchev–Trinajstić information content (AvgIpc) is 2.48. The number of esters is 1. The van der Waals surface area contributed by atoms with Crippen molar-refractivity contribution in [3.05, 3.63) is 0 Å². The summed E-state index contributed by atoms with van der Waals surface area (Å²) in [6.45, 7) is 3.75. The van der Waals surface area contributed by atoms with Gasteiger partial charge in [-0.1, -0.05) is 34.4 Å². The molecule has 21 heavy (non-hydrogen) atoms. The van der Waals surface area contributed by atoms with Crippen LogP contribution in [0.15, 0.2) is 0 Å². The van der Waals surface area contributed by atoms with Crippen molar-refractivity contribution in [2.45, 2.75) is 20.3 Å². The molecular formula is C13H20O6S2. The van der Waals surface area contributed by atoms with Gasteiger partial charge in [-0.25, -0.2) is 0 Å². The molecule has 120 valence electrons. The van der Waals surface area contributed by atoms with Crippen molar-refractivity contribution in [1.82, 2.24) is 0 Å². The third kappa shape index (κ3) is 10.4. The van der Waals surface area contributed by atoms with Gasteiger partial charge in [-0.15, -0.1) is 6.42 Å². The number of terminal acetylenes is 1. The molecule has 0 aromatic rings. The van der Waals surface area contributed by atoms with E-state index in [1.54, 1.807) is 6.92 Å². The second-order valence-corrected chi connectivity index (χ2v) is 6.06. The highest BCUT2D eigenvalue weighted by atomic mass is 33.1. The molecule has 0 fully saturated rings. The quantitative estimate of drug-likeness (QED) is 0.210. The van der Waals surface area contributed by atoms with E-state index in [0.29, 0.717) is 24.7 Å². The Bertz CT molecular complexity index is 343. The second-order valence-electron chi connectivity index (χ2n) is 3.65. The lowest BCUT2D eigenvalue weighted by Crippen LogP contribution is -2.40. The van der Waals surface area contributed by atoms with Crippen LogP contribution in [0.3, 0.4) is 0 Å². The van der Waals surface area contributed by atoms with Crippen LogP contribution in [0.1, 0.15) is 20.3 Å². The minimum atomic E-state index is -0.951. The number of hydrogen-bond acceptors (Lipinski definition) is 8. The van der Waals surface area contributed by atoms with E-state index in [-0.39, 0.29) is 19.4 Å². The van der Waals surface area contributed by atoms with E-state index < -0.39 is 11.4 Å². The van der Waals surface area contributed by atoms with E-state index in [1.807, 2.05) is 6.92 Å². The summed E-state index contributed by atoms with van der Waals surface area (Å²) in [5.41, 5.74) is -0.951. The van der Waals surface area contributed by atoms with Crippen molar-refractivity contribution < 1.29 is 29.0 Å². The van der Waals surface area contributed by atoms with Crippen molar-refractivity contribution in [3.63, 3.8) is 0 Å². The van der Waals surface area contributed by atoms with Gasteiger partial charge in [0.25, 0.3) is 0 Å². The molecule has 0 saturated heterocycles. The van der Waals surface area contributed by atoms with E-state index in [9.17, 15) is 9.90 Å². The third-order valence-corrected chi connectivity index (χ3v) is 4.28. The van der Waals surface area contributed by atoms with Crippen molar-refractivity contribution >= 4 is 33.7 Å². The van der Waals surface area contributed by atoms with Crippen LogP contribution in [-0.4, -0.2) is 48.7 Å². The summed E-state index contributed by atoms with van der Waals surface area (Å²) in [7, 11) is 3.00. The molecule has 1 atom stereocenters. The van der Waals surface area contributed by atoms with Gasteiger partial charge in [0.1, 0.15) is 11.4 Å². The van der Waals surface area contributed by atoms with Crippen molar-refractivity contribution in [1.29, 1.82) is 0 Å². The summed E-state index contributed by atoms with van der Waals surface area (Å²) >= 11 is 0. The lowest BCUT2D eigenvalue weighted by atomic mass is 9.87. The maximum absolute atomic E-state index is 11.8. The minimum absolute atomic E-state index is 0.155. The van der Waals surface area contributed by atoms with Crippen LogP contribution in [0.5, 0.6) is 0 Å². The van der Waals surface area contributed by atoms with E-state index in [2.05, 4.69) is 5.92 Å². The van der Waals surface area contributed by atoms with Crippen LogP contribution < -0.4 is 0 Å². The lowest BCUT2D eigenvalue weighted by molar-refractivity contribution is -0.191. The van der Waals surface area contributed by atoms with Gasteiger partial charge in [0, 0.05) is 0 Å². The molecule has 0 rings (SSSR count). The van der Waals surface area contributed by atoms with Crippen molar-refractivity contribution in [3.8, 4) is 12.3 Å². The zero-order valence-electron chi connectivity index (χ0n) is 12.1. The molecule has 0 aliphatic carbocycles. The van der Waals surface area contributed by atoms with Gasteiger partial charge in [0.2, 0.25) is 0 Å². The molecule has 0 aliphatic heterocycles. The summed E-state index contributed by atoms with van der Waals surface area (Å²) in [4.78, 5) is 28.0. The van der Waals surface area contributed by atoms with Gasteiger partial charge in [-0.3, -0.25) is 4.79 Å². The zero-order valence-corrected chi connectivity index (χ0v) is 13.8. The lowest BCUT2D eigenvalue weighted by Gasteiger charge is -2.27. The number of carbonyl (C=O) groups excluding carboxylic acids is 3. The molecule has 8 heteroatoms. The molecule has 0 aromatic carbocycles. The molecule has 6 nitrogen and oxygen atoms in total. The predicted molar refractivity (Wildman–Crippen MR) is 81.2 cm³/mol. The van der Waals surface area contributed by atoms with Crippen LogP contribution in [-0.2, 0) is 23.9 Å². The SMILES string of the molecule is C#CCSSCOCC(CC)(CO)C(=O)OCC.O=C=O. The largest absolute Gasteiger partial charge is 0.465 e. The molecule has 0 amide bonds. The van der Waals surface area contributed by atoms with Crippen LogP contribution in [0.2, 0.25) is 0 Å². The van der Waals surface area contributed by atoms with Gasteiger partial charge in [-0.05, 0) is 13.3 Å². The molecule has 0 spiro atoms. The van der Waals surface area contributed by atoms with Crippen LogP contribution in [0.4, 0.5) is 0 Å². The maximum Gasteiger partial charge on any atom is 0.373 e. The van der Waals surface area contributed by atoms with Crippen LogP contribution >= 0.6 is 21.6 Å². The summed E-state index contributed by atoms with van der Waals surface area (Å²) in [6, 6.07) is 0. The van der Waals surface area contributed by atoms with Crippen LogP contribution in [0, 0.1) is 17.8 Å². The van der Waals surface area contributed by atoms with Gasteiger partial charge >= 0.3 is 12.1 Å². The van der Waals surface area contributed by atoms with Crippen LogP contribution in [0.25, 0.3) is 0 Å². The average molecular weight is 336 g/mol. The van der Waals surface area contributed by atoms with Gasteiger partial charge in [0.05, 0.1) is 25.6 Å². The number of ether oxygens (including phenoxy) is 2. The summed E-state index contributed by atoms with van der Waals surface area (Å²) in [5.74, 6) is 3.14. The van der Waals surface area contributed by atoms with Gasteiger partial charge in [-0.2, -0.15) is 9.59 Å². The maximum atomic E-state index is 11.8. The number of carbonyl (C=O) groups is 1. The fraction of sp³-hybridized carbons (Fsp3) is 0.692. The second kappa shape index (κ2) is 15.4. The molecule has 0 aromatic heterocycles. The topological polar surface area (TPSA) is 89.9 Å². The third-order valence-electron chi connectivity index (χ3n) is 2.42. The first kappa shape index (κ1) is 22.3. The van der Waals surface area contributed by atoms with E-state index in [4.69, 9.17) is 25.5 Å². The Morgan fingerprint density at radius 2 is 1.95 bits per heavy atom. The fourth-order valence-electron chi connectivity index (χ4n) is 1.19. The Morgan fingerprint density at radius 3 is 2.38 bits per heavy atom. The van der Waals surface area contributed by atoms with E-state index >= 15 is 0 Å². The summed E-state index contributed by atoms with van der Waals surface area (Å²) in [6.07, 6.45) is 5.84. The Balaban J connectivity index is 0. The Labute approximate surface area is 132 Å². The predicted octanol–water partition coefficient (Wildman–Crippen LogP) is 1.34. The highest BCUT2D eigenvalue weighted by Gasteiger charge is 2.38. The molecule has 1 unspecified atom stereocenters. The number of rotatable bonds is 10. The molecule has 0 radical (unpaired) electrons. The summed E-state index contributed by atoms with van der Waals surface area (Å²) < 4.78 is 10.4. The van der Waals surface area contributed by atoms with Crippen molar-refractivity contribution in [2.75, 3.05) is 31.5 Å². The molecule has 0 bridgehead atoms. The fourth-order valence-corrected chi connectivity index (χ4v) is 2.43. The molecular weight excluding hydrogens is 316 g/mol. The van der Waals surface area contributed by atoms with Gasteiger partial charge in [0.15, 0.2) is 0 Å². The standard InChI is InChI=1S/C12H20O4S2.CO2/c1-4-7-17-18-10-15-9-12(5-2,8-13)11(14)16-6-3;2-1-3/h1,13H,5-10H2,2-3H3;. The smallest absolute Gasteiger partial charge is 0.373 e. The highest BCUT2D eigenvalue weighted by molar-refractivity contribution is 8.76. The molecule has 0 aliphatic rings. The minimum Gasteiger partial charge on any atom is -0.465 e. The summed E-state index contributed by atoms with van der Waals surface area (Å²) in [5, 5.41) is 9.39. The highest BCUT2D eigenvalue weighted by Crippen LogP contribution is 2.26. The monoisotopic (exact) mass is 336 g/mol. The normalized spacial score (nSPS) is 12.1. The van der Waals surface area contributed by atoms with Gasteiger partial charge < -0.3 is 14.6 Å². The number of aliphatic hydroxyl groups is 1. The number of aliphatic hydroxyl groups excluding tert-OH is 1. The Hall–Kier alpha value is -0.970. The molecule has 0 heterocycles. The molecule has 0 saturated carbocycles. The Morgan fingerprint density at radius 1 is 1.33 bits per heavy atom.